The van der Waals surface area contributed by atoms with Gasteiger partial charge in [-0.3, -0.25) is 4.79 Å². The molecule has 0 atom stereocenters. The Kier molecular flexibility index (Phi) is 5.94. The van der Waals surface area contributed by atoms with Crippen LogP contribution in [0.2, 0.25) is 0 Å². The third kappa shape index (κ3) is 4.64. The molecule has 0 aliphatic carbocycles. The summed E-state index contributed by atoms with van der Waals surface area (Å²) >= 11 is 0. The van der Waals surface area contributed by atoms with Gasteiger partial charge in [0, 0.05) is 50.5 Å². The van der Waals surface area contributed by atoms with Crippen LogP contribution in [0.25, 0.3) is 10.9 Å². The summed E-state index contributed by atoms with van der Waals surface area (Å²) in [5.74, 6) is -1.55. The van der Waals surface area contributed by atoms with Gasteiger partial charge in [0.1, 0.15) is 5.56 Å². The number of carbonyl (C=O) groups is 1. The van der Waals surface area contributed by atoms with Gasteiger partial charge in [-0.1, -0.05) is 6.07 Å². The van der Waals surface area contributed by atoms with Crippen molar-refractivity contribution >= 4 is 28.2 Å². The van der Waals surface area contributed by atoms with Crippen molar-refractivity contribution < 1.29 is 36.2 Å². The minimum atomic E-state index is -4.83. The monoisotopic (exact) mass is 499 g/mol. The third-order valence-corrected chi connectivity index (χ3v) is 6.00. The van der Waals surface area contributed by atoms with E-state index < -0.39 is 40.4 Å². The molecule has 35 heavy (non-hydrogen) atoms. The molecule has 0 radical (unpaired) electrons. The van der Waals surface area contributed by atoms with Crippen molar-refractivity contribution in [1.29, 1.82) is 0 Å². The smallest absolute Gasteiger partial charge is 0.418 e. The number of aromatic carboxylic acids is 1. The summed E-state index contributed by atoms with van der Waals surface area (Å²) in [6, 6.07) is 6.61. The Hall–Kier alpha value is -3.70. The largest absolute Gasteiger partial charge is 0.477 e. The average Bonchev–Trinajstić information content (AvgIpc) is 2.79. The summed E-state index contributed by atoms with van der Waals surface area (Å²) in [4.78, 5) is 27.0. The number of anilines is 2. The van der Waals surface area contributed by atoms with Gasteiger partial charge in [-0.2, -0.15) is 26.3 Å². The van der Waals surface area contributed by atoms with E-state index in [1.807, 2.05) is 0 Å². The first-order chi connectivity index (χ1) is 16.3. The average molecular weight is 499 g/mol. The summed E-state index contributed by atoms with van der Waals surface area (Å²) in [6.07, 6.45) is -8.29. The lowest BCUT2D eigenvalue weighted by atomic mass is 10.0. The van der Waals surface area contributed by atoms with Gasteiger partial charge in [-0.15, -0.1) is 0 Å². The predicted molar refractivity (Wildman–Crippen MR) is 117 cm³/mol. The van der Waals surface area contributed by atoms with Gasteiger partial charge in [0.05, 0.1) is 22.3 Å². The second-order valence-corrected chi connectivity index (χ2v) is 8.19. The fourth-order valence-electron chi connectivity index (χ4n) is 4.24. The summed E-state index contributed by atoms with van der Waals surface area (Å²) in [5, 5.41) is 8.84. The van der Waals surface area contributed by atoms with Crippen LogP contribution in [0.4, 0.5) is 37.7 Å². The predicted octanol–water partition coefficient (Wildman–Crippen LogP) is 4.60. The Morgan fingerprint density at radius 2 is 1.54 bits per heavy atom. The number of carboxylic acid groups (broad SMARTS) is 1. The highest BCUT2D eigenvalue weighted by Crippen LogP contribution is 2.39. The van der Waals surface area contributed by atoms with Gasteiger partial charge < -0.3 is 19.5 Å². The molecule has 186 valence electrons. The summed E-state index contributed by atoms with van der Waals surface area (Å²) < 4.78 is 82.3. The Morgan fingerprint density at radius 3 is 2.11 bits per heavy atom. The zero-order valence-electron chi connectivity index (χ0n) is 18.2. The number of aromatic nitrogens is 1. The number of fused-ring (bicyclic) bond motifs is 1. The molecule has 3 aromatic rings. The Balaban J connectivity index is 1.70. The lowest BCUT2D eigenvalue weighted by Gasteiger charge is -2.38. The maximum absolute atomic E-state index is 14.0. The standard InChI is InChI=1S/C23H19F6N3O3/c1-30-12-16(21(34)35)20(33)15-10-17(23(27,28)29)19(11-18(15)30)32-7-5-31(6-8-32)14-4-2-3-13(9-14)22(24,25)26/h2-4,9-12H,5-8H2,1H3,(H,34,35). The van der Waals surface area contributed by atoms with Gasteiger partial charge in [0.25, 0.3) is 0 Å². The van der Waals surface area contributed by atoms with Crippen molar-refractivity contribution in [1.82, 2.24) is 4.57 Å². The molecule has 1 aliphatic heterocycles. The molecule has 0 amide bonds. The minimum absolute atomic E-state index is 0.0893. The Bertz CT molecular complexity index is 1360. The Morgan fingerprint density at radius 1 is 0.914 bits per heavy atom. The van der Waals surface area contributed by atoms with E-state index in [1.165, 1.54) is 34.7 Å². The van der Waals surface area contributed by atoms with Crippen LogP contribution in [0.3, 0.4) is 0 Å². The first-order valence-electron chi connectivity index (χ1n) is 10.4. The quantitative estimate of drug-likeness (QED) is 0.534. The number of piperazine rings is 1. The molecule has 1 fully saturated rings. The fraction of sp³-hybridized carbons (Fsp3) is 0.304. The summed E-state index contributed by atoms with van der Waals surface area (Å²) in [5.41, 5.74) is -3.30. The SMILES string of the molecule is Cn1cc(C(=O)O)c(=O)c2cc(C(F)(F)F)c(N3CCN(c4cccc(C(F)(F)F)c4)CC3)cc21. The molecule has 1 saturated heterocycles. The van der Waals surface area contributed by atoms with E-state index in [-0.39, 0.29) is 42.8 Å². The highest BCUT2D eigenvalue weighted by atomic mass is 19.4. The number of halogens is 6. The van der Waals surface area contributed by atoms with Crippen LogP contribution in [0, 0.1) is 0 Å². The topological polar surface area (TPSA) is 65.8 Å². The van der Waals surface area contributed by atoms with E-state index in [4.69, 9.17) is 0 Å². The molecule has 0 spiro atoms. The van der Waals surface area contributed by atoms with Crippen molar-refractivity contribution in [2.45, 2.75) is 12.4 Å². The molecule has 12 heteroatoms. The van der Waals surface area contributed by atoms with Gasteiger partial charge in [0.2, 0.25) is 5.43 Å². The first kappa shape index (κ1) is 24.4. The number of carboxylic acids is 1. The van der Waals surface area contributed by atoms with Crippen molar-refractivity contribution in [3.8, 4) is 0 Å². The number of alkyl halides is 6. The van der Waals surface area contributed by atoms with E-state index in [2.05, 4.69) is 0 Å². The number of rotatable bonds is 3. The van der Waals surface area contributed by atoms with Gasteiger partial charge in [0.15, 0.2) is 0 Å². The van der Waals surface area contributed by atoms with Crippen molar-refractivity contribution in [2.24, 2.45) is 7.05 Å². The van der Waals surface area contributed by atoms with Crippen molar-refractivity contribution in [2.75, 3.05) is 36.0 Å². The first-order valence-corrected chi connectivity index (χ1v) is 10.4. The fourth-order valence-corrected chi connectivity index (χ4v) is 4.24. The summed E-state index contributed by atoms with van der Waals surface area (Å²) in [7, 11) is 1.43. The molecule has 1 N–H and O–H groups in total. The molecule has 2 heterocycles. The van der Waals surface area contributed by atoms with Gasteiger partial charge in [-0.25, -0.2) is 4.79 Å². The van der Waals surface area contributed by atoms with Crippen LogP contribution in [0.5, 0.6) is 0 Å². The van der Waals surface area contributed by atoms with Crippen LogP contribution in [0.15, 0.2) is 47.4 Å². The zero-order chi connectivity index (χ0) is 25.7. The van der Waals surface area contributed by atoms with E-state index in [9.17, 15) is 41.0 Å². The second-order valence-electron chi connectivity index (χ2n) is 8.19. The van der Waals surface area contributed by atoms with Crippen molar-refractivity contribution in [3.05, 3.63) is 69.5 Å². The van der Waals surface area contributed by atoms with Crippen LogP contribution >= 0.6 is 0 Å². The van der Waals surface area contributed by atoms with E-state index in [1.54, 1.807) is 4.90 Å². The lowest BCUT2D eigenvalue weighted by molar-refractivity contribution is -0.138. The summed E-state index contributed by atoms with van der Waals surface area (Å²) in [6.45, 7) is 0.527. The molecule has 2 aromatic carbocycles. The lowest BCUT2D eigenvalue weighted by Crippen LogP contribution is -2.47. The van der Waals surface area contributed by atoms with Crippen LogP contribution < -0.4 is 15.2 Å². The van der Waals surface area contributed by atoms with Crippen molar-refractivity contribution in [3.63, 3.8) is 0 Å². The molecule has 4 rings (SSSR count). The zero-order valence-corrected chi connectivity index (χ0v) is 18.2. The molecule has 1 aromatic heterocycles. The normalized spacial score (nSPS) is 15.1. The number of benzene rings is 2. The minimum Gasteiger partial charge on any atom is -0.477 e. The second kappa shape index (κ2) is 8.51. The molecule has 1 aliphatic rings. The number of hydrogen-bond acceptors (Lipinski definition) is 4. The van der Waals surface area contributed by atoms with Gasteiger partial charge in [-0.05, 0) is 30.3 Å². The maximum Gasteiger partial charge on any atom is 0.418 e. The number of aryl methyl sites for hydroxylation is 1. The van der Waals surface area contributed by atoms with Gasteiger partial charge >= 0.3 is 18.3 Å². The Labute approximate surface area is 194 Å². The number of hydrogen-bond donors (Lipinski definition) is 1. The van der Waals surface area contributed by atoms with Crippen LogP contribution in [-0.4, -0.2) is 41.8 Å². The maximum atomic E-state index is 14.0. The highest BCUT2D eigenvalue weighted by Gasteiger charge is 2.37. The van der Waals surface area contributed by atoms with E-state index >= 15 is 0 Å². The number of nitrogens with zero attached hydrogens (tertiary/aromatic N) is 3. The van der Waals surface area contributed by atoms with E-state index in [0.717, 1.165) is 18.3 Å². The molecule has 0 unspecified atom stereocenters. The molecule has 6 nitrogen and oxygen atoms in total. The number of pyridine rings is 1. The highest BCUT2D eigenvalue weighted by molar-refractivity contribution is 5.94. The van der Waals surface area contributed by atoms with Crippen LogP contribution in [0.1, 0.15) is 21.5 Å². The third-order valence-electron chi connectivity index (χ3n) is 6.00. The van der Waals surface area contributed by atoms with E-state index in [0.29, 0.717) is 11.8 Å². The molecular formula is C23H19F6N3O3. The molecule has 0 bridgehead atoms. The molecular weight excluding hydrogens is 480 g/mol. The molecule has 0 saturated carbocycles. The van der Waals surface area contributed by atoms with Crippen LogP contribution in [-0.2, 0) is 19.4 Å².